The van der Waals surface area contributed by atoms with Crippen LogP contribution < -0.4 is 0 Å². The maximum absolute atomic E-state index is 11.4. The first-order chi connectivity index (χ1) is 7.20. The lowest BCUT2D eigenvalue weighted by Crippen LogP contribution is -2.35. The van der Waals surface area contributed by atoms with Crippen LogP contribution in [0.2, 0.25) is 0 Å². The van der Waals surface area contributed by atoms with Crippen molar-refractivity contribution in [3.8, 4) is 0 Å². The first-order valence-corrected chi connectivity index (χ1v) is 6.92. The molecule has 0 fully saturated rings. The van der Waals surface area contributed by atoms with E-state index in [0.29, 0.717) is 6.42 Å². The Morgan fingerprint density at radius 2 is 2.27 bits per heavy atom. The average Bonchev–Trinajstić information content (AvgIpc) is 2.28. The van der Waals surface area contributed by atoms with E-state index in [1.165, 1.54) is 11.8 Å². The first-order valence-electron chi connectivity index (χ1n) is 4.71. The molecule has 0 spiro atoms. The fraction of sp³-hybridized carbons (Fsp3) is 0.364. The molecule has 2 rings (SSSR count). The zero-order valence-corrected chi connectivity index (χ0v) is 10.0. The predicted octanol–water partition coefficient (Wildman–Crippen LogP) is 2.83. The van der Waals surface area contributed by atoms with Crippen molar-refractivity contribution in [3.63, 3.8) is 0 Å². The molecule has 1 atom stereocenters. The quantitative estimate of drug-likeness (QED) is 0.862. The van der Waals surface area contributed by atoms with E-state index in [-0.39, 0.29) is 0 Å². The number of carboxylic acid groups (broad SMARTS) is 1. The van der Waals surface area contributed by atoms with Crippen molar-refractivity contribution in [3.05, 3.63) is 29.8 Å². The van der Waals surface area contributed by atoms with Crippen molar-refractivity contribution in [2.45, 2.75) is 16.1 Å². The Bertz CT molecular complexity index is 392. The molecule has 0 bridgehead atoms. The normalized spacial score (nSPS) is 24.6. The van der Waals surface area contributed by atoms with Crippen LogP contribution in [0.25, 0.3) is 0 Å². The number of carbonyl (C=O) groups is 1. The second-order valence-electron chi connectivity index (χ2n) is 3.43. The van der Waals surface area contributed by atoms with Gasteiger partial charge in [0.05, 0.1) is 0 Å². The topological polar surface area (TPSA) is 37.3 Å². The van der Waals surface area contributed by atoms with E-state index in [1.54, 1.807) is 11.8 Å². The molecule has 1 unspecified atom stereocenters. The third kappa shape index (κ3) is 1.66. The van der Waals surface area contributed by atoms with Gasteiger partial charge in [-0.25, -0.2) is 0 Å². The van der Waals surface area contributed by atoms with Gasteiger partial charge < -0.3 is 5.11 Å². The number of benzene rings is 1. The van der Waals surface area contributed by atoms with Gasteiger partial charge in [-0.05, 0) is 24.3 Å². The molecular weight excluding hydrogens is 228 g/mol. The Balaban J connectivity index is 2.57. The van der Waals surface area contributed by atoms with Gasteiger partial charge in [0.25, 0.3) is 0 Å². The van der Waals surface area contributed by atoms with Crippen molar-refractivity contribution in [2.75, 3.05) is 12.0 Å². The maximum atomic E-state index is 11.4. The summed E-state index contributed by atoms with van der Waals surface area (Å²) in [7, 11) is 0. The van der Waals surface area contributed by atoms with Crippen molar-refractivity contribution in [1.29, 1.82) is 0 Å². The van der Waals surface area contributed by atoms with E-state index in [4.69, 9.17) is 0 Å². The third-order valence-electron chi connectivity index (χ3n) is 2.73. The highest BCUT2D eigenvalue weighted by Gasteiger charge is 2.43. The summed E-state index contributed by atoms with van der Waals surface area (Å²) in [6.07, 6.45) is 2.58. The van der Waals surface area contributed by atoms with Crippen molar-refractivity contribution < 1.29 is 9.90 Å². The molecule has 1 N–H and O–H groups in total. The summed E-state index contributed by atoms with van der Waals surface area (Å²) in [5, 5.41) is 9.41. The highest BCUT2D eigenvalue weighted by atomic mass is 32.2. The minimum absolute atomic E-state index is 0.700. The molecular formula is C11H12O2S2. The lowest BCUT2D eigenvalue weighted by Gasteiger charge is -2.33. The Morgan fingerprint density at radius 1 is 1.53 bits per heavy atom. The monoisotopic (exact) mass is 240 g/mol. The molecule has 1 aromatic carbocycles. The first kappa shape index (κ1) is 10.9. The summed E-state index contributed by atoms with van der Waals surface area (Å²) in [5.74, 6) is 0.159. The zero-order chi connectivity index (χ0) is 10.9. The summed E-state index contributed by atoms with van der Waals surface area (Å²) in [6, 6.07) is 7.82. The van der Waals surface area contributed by atoms with Gasteiger partial charge in [0.15, 0.2) is 0 Å². The highest BCUT2D eigenvalue weighted by molar-refractivity contribution is 8.01. The molecule has 1 aromatic rings. The molecule has 80 valence electrons. The van der Waals surface area contributed by atoms with Crippen LogP contribution in [0.1, 0.15) is 12.0 Å². The van der Waals surface area contributed by atoms with Gasteiger partial charge in [-0.15, -0.1) is 23.5 Å². The molecule has 1 aliphatic heterocycles. The van der Waals surface area contributed by atoms with E-state index in [2.05, 4.69) is 0 Å². The highest BCUT2D eigenvalue weighted by Crippen LogP contribution is 2.47. The Labute approximate surface area is 97.5 Å². The van der Waals surface area contributed by atoms with Crippen LogP contribution in [-0.4, -0.2) is 23.1 Å². The van der Waals surface area contributed by atoms with Gasteiger partial charge in [-0.2, -0.15) is 0 Å². The average molecular weight is 240 g/mol. The lowest BCUT2D eigenvalue weighted by atomic mass is 9.95. The van der Waals surface area contributed by atoms with E-state index in [9.17, 15) is 9.90 Å². The molecule has 1 aliphatic rings. The largest absolute Gasteiger partial charge is 0.480 e. The maximum Gasteiger partial charge on any atom is 0.324 e. The molecule has 0 aromatic heterocycles. The fourth-order valence-electron chi connectivity index (χ4n) is 1.89. The van der Waals surface area contributed by atoms with E-state index >= 15 is 0 Å². The molecule has 4 heteroatoms. The summed E-state index contributed by atoms with van der Waals surface area (Å²) in [6.45, 7) is 0. The van der Waals surface area contributed by atoms with Crippen molar-refractivity contribution in [1.82, 2.24) is 0 Å². The summed E-state index contributed by atoms with van der Waals surface area (Å²) in [5.41, 5.74) is 0.959. The van der Waals surface area contributed by atoms with E-state index in [0.717, 1.165) is 16.2 Å². The van der Waals surface area contributed by atoms with Crippen LogP contribution >= 0.6 is 23.5 Å². The standard InChI is InChI=1S/C11H12O2S2/c1-14-11(10(12)13)6-7-15-9-5-3-2-4-8(9)11/h2-5H,6-7H2,1H3,(H,12,13). The van der Waals surface area contributed by atoms with Gasteiger partial charge in [0, 0.05) is 10.6 Å². The molecule has 0 saturated heterocycles. The van der Waals surface area contributed by atoms with Crippen LogP contribution in [0.3, 0.4) is 0 Å². The van der Waals surface area contributed by atoms with Gasteiger partial charge >= 0.3 is 5.97 Å². The lowest BCUT2D eigenvalue weighted by molar-refractivity contribution is -0.140. The zero-order valence-electron chi connectivity index (χ0n) is 8.40. The fourth-order valence-corrected chi connectivity index (χ4v) is 4.16. The number of rotatable bonds is 2. The second kappa shape index (κ2) is 4.10. The minimum Gasteiger partial charge on any atom is -0.480 e. The number of hydrogen-bond donors (Lipinski definition) is 1. The molecule has 1 heterocycles. The van der Waals surface area contributed by atoms with Crippen LogP contribution in [0.4, 0.5) is 0 Å². The van der Waals surface area contributed by atoms with Crippen LogP contribution in [0.5, 0.6) is 0 Å². The number of fused-ring (bicyclic) bond motifs is 1. The van der Waals surface area contributed by atoms with Gasteiger partial charge in [0.2, 0.25) is 0 Å². The molecule has 0 saturated carbocycles. The van der Waals surface area contributed by atoms with E-state index < -0.39 is 10.7 Å². The Hall–Kier alpha value is -0.610. The SMILES string of the molecule is CSC1(C(=O)O)CCSc2ccccc21. The minimum atomic E-state index is -0.734. The summed E-state index contributed by atoms with van der Waals surface area (Å²) >= 11 is 3.18. The van der Waals surface area contributed by atoms with Gasteiger partial charge in [0.1, 0.15) is 4.75 Å². The predicted molar refractivity (Wildman–Crippen MR) is 64.6 cm³/mol. The molecule has 15 heavy (non-hydrogen) atoms. The second-order valence-corrected chi connectivity index (χ2v) is 5.67. The van der Waals surface area contributed by atoms with Crippen LogP contribution in [-0.2, 0) is 9.54 Å². The summed E-state index contributed by atoms with van der Waals surface area (Å²) in [4.78, 5) is 12.6. The van der Waals surface area contributed by atoms with Crippen LogP contribution in [0.15, 0.2) is 29.2 Å². The summed E-state index contributed by atoms with van der Waals surface area (Å²) < 4.78 is -0.734. The van der Waals surface area contributed by atoms with Crippen LogP contribution in [0, 0.1) is 0 Å². The molecule has 0 radical (unpaired) electrons. The number of thioether (sulfide) groups is 2. The molecule has 0 aliphatic carbocycles. The van der Waals surface area contributed by atoms with Gasteiger partial charge in [-0.3, -0.25) is 4.79 Å². The van der Waals surface area contributed by atoms with Crippen molar-refractivity contribution >= 4 is 29.5 Å². The number of carboxylic acids is 1. The Kier molecular flexibility index (Phi) is 2.98. The van der Waals surface area contributed by atoms with E-state index in [1.807, 2.05) is 30.5 Å². The third-order valence-corrected chi connectivity index (χ3v) is 5.10. The van der Waals surface area contributed by atoms with Gasteiger partial charge in [-0.1, -0.05) is 18.2 Å². The smallest absolute Gasteiger partial charge is 0.324 e. The molecule has 2 nitrogen and oxygen atoms in total. The number of aliphatic carboxylic acids is 1. The Morgan fingerprint density at radius 3 is 2.93 bits per heavy atom. The van der Waals surface area contributed by atoms with Crippen molar-refractivity contribution in [2.24, 2.45) is 0 Å². The molecule has 0 amide bonds. The number of hydrogen-bond acceptors (Lipinski definition) is 3.